The molecule has 1 atom stereocenters. The molecular weight excluding hydrogens is 188 g/mol. The Hall–Kier alpha value is -0.530. The molecule has 1 unspecified atom stereocenters. The third-order valence-electron chi connectivity index (χ3n) is 2.39. The number of esters is 1. The molecule has 0 bridgehead atoms. The minimum absolute atomic E-state index is 0.0268. The average Bonchev–Trinajstić information content (AvgIpc) is 2.09. The number of carbonyl (C=O) groups excluding carboxylic acids is 1. The largest absolute Gasteiger partial charge is 0.460 e. The fourth-order valence-corrected chi connectivity index (χ4v) is 1.51. The van der Waals surface area contributed by atoms with Gasteiger partial charge >= 0.3 is 5.97 Å². The quantitative estimate of drug-likeness (QED) is 0.494. The van der Waals surface area contributed by atoms with E-state index in [1.54, 1.807) is 0 Å². The SMILES string of the molecule is CCCCCC(CC)C(=O)OC(C)(C)C. The Morgan fingerprint density at radius 3 is 2.20 bits per heavy atom. The Bertz CT molecular complexity index is 179. The molecule has 0 saturated carbocycles. The van der Waals surface area contributed by atoms with Crippen molar-refractivity contribution >= 4 is 5.97 Å². The highest BCUT2D eigenvalue weighted by molar-refractivity contribution is 5.72. The van der Waals surface area contributed by atoms with E-state index >= 15 is 0 Å². The summed E-state index contributed by atoms with van der Waals surface area (Å²) in [6, 6.07) is 0. The van der Waals surface area contributed by atoms with Gasteiger partial charge in [0, 0.05) is 0 Å². The highest BCUT2D eigenvalue weighted by atomic mass is 16.6. The van der Waals surface area contributed by atoms with Crippen LogP contribution in [0.2, 0.25) is 0 Å². The molecule has 0 N–H and O–H groups in total. The summed E-state index contributed by atoms with van der Waals surface area (Å²) >= 11 is 0. The van der Waals surface area contributed by atoms with Crippen LogP contribution in [0.15, 0.2) is 0 Å². The first-order valence-corrected chi connectivity index (χ1v) is 6.13. The van der Waals surface area contributed by atoms with Crippen LogP contribution in [0.4, 0.5) is 0 Å². The van der Waals surface area contributed by atoms with E-state index in [0.29, 0.717) is 0 Å². The molecule has 0 saturated heterocycles. The Labute approximate surface area is 94.4 Å². The summed E-state index contributed by atoms with van der Waals surface area (Å²) < 4.78 is 5.38. The minimum Gasteiger partial charge on any atom is -0.460 e. The molecule has 0 aliphatic rings. The zero-order valence-electron chi connectivity index (χ0n) is 10.9. The van der Waals surface area contributed by atoms with Gasteiger partial charge in [-0.05, 0) is 33.6 Å². The first kappa shape index (κ1) is 14.5. The van der Waals surface area contributed by atoms with E-state index in [2.05, 4.69) is 13.8 Å². The smallest absolute Gasteiger partial charge is 0.309 e. The van der Waals surface area contributed by atoms with Gasteiger partial charge in [0.25, 0.3) is 0 Å². The second-order valence-electron chi connectivity index (χ2n) is 5.13. The van der Waals surface area contributed by atoms with Crippen molar-refractivity contribution < 1.29 is 9.53 Å². The average molecular weight is 214 g/mol. The van der Waals surface area contributed by atoms with Crippen LogP contribution >= 0.6 is 0 Å². The number of rotatable bonds is 6. The van der Waals surface area contributed by atoms with Crippen LogP contribution in [0.5, 0.6) is 0 Å². The lowest BCUT2D eigenvalue weighted by Gasteiger charge is -2.23. The molecule has 0 rings (SSSR count). The molecule has 0 aromatic heterocycles. The second kappa shape index (κ2) is 6.86. The van der Waals surface area contributed by atoms with Crippen molar-refractivity contribution in [2.45, 2.75) is 72.3 Å². The van der Waals surface area contributed by atoms with Crippen LogP contribution in [0.25, 0.3) is 0 Å². The fourth-order valence-electron chi connectivity index (χ4n) is 1.51. The summed E-state index contributed by atoms with van der Waals surface area (Å²) in [5, 5.41) is 0. The van der Waals surface area contributed by atoms with E-state index < -0.39 is 0 Å². The van der Waals surface area contributed by atoms with Gasteiger partial charge in [-0.3, -0.25) is 4.79 Å². The highest BCUT2D eigenvalue weighted by Crippen LogP contribution is 2.18. The number of hydrogen-bond acceptors (Lipinski definition) is 2. The number of hydrogen-bond donors (Lipinski definition) is 0. The Morgan fingerprint density at radius 2 is 1.80 bits per heavy atom. The molecule has 0 spiro atoms. The number of unbranched alkanes of at least 4 members (excludes halogenated alkanes) is 2. The van der Waals surface area contributed by atoms with Crippen LogP contribution < -0.4 is 0 Å². The second-order valence-corrected chi connectivity index (χ2v) is 5.13. The molecule has 15 heavy (non-hydrogen) atoms. The molecule has 2 heteroatoms. The van der Waals surface area contributed by atoms with Crippen LogP contribution in [-0.2, 0) is 9.53 Å². The fraction of sp³-hybridized carbons (Fsp3) is 0.923. The van der Waals surface area contributed by atoms with Gasteiger partial charge in [0.2, 0.25) is 0 Å². The van der Waals surface area contributed by atoms with E-state index in [-0.39, 0.29) is 17.5 Å². The van der Waals surface area contributed by atoms with Gasteiger partial charge in [0.1, 0.15) is 5.60 Å². The monoisotopic (exact) mass is 214 g/mol. The molecular formula is C13H26O2. The number of carbonyl (C=O) groups is 1. The highest BCUT2D eigenvalue weighted by Gasteiger charge is 2.23. The van der Waals surface area contributed by atoms with Crippen molar-refractivity contribution in [1.29, 1.82) is 0 Å². The molecule has 0 heterocycles. The summed E-state index contributed by atoms with van der Waals surface area (Å²) in [7, 11) is 0. The summed E-state index contributed by atoms with van der Waals surface area (Å²) in [6.45, 7) is 9.99. The first-order valence-electron chi connectivity index (χ1n) is 6.13. The molecule has 0 radical (unpaired) electrons. The van der Waals surface area contributed by atoms with Gasteiger partial charge in [0.05, 0.1) is 5.92 Å². The third-order valence-corrected chi connectivity index (χ3v) is 2.39. The Morgan fingerprint density at radius 1 is 1.20 bits per heavy atom. The molecule has 0 aromatic carbocycles. The predicted molar refractivity (Wildman–Crippen MR) is 63.8 cm³/mol. The predicted octanol–water partition coefficient (Wildman–Crippen LogP) is 3.93. The van der Waals surface area contributed by atoms with Crippen molar-refractivity contribution in [3.8, 4) is 0 Å². The van der Waals surface area contributed by atoms with Crippen molar-refractivity contribution in [3.05, 3.63) is 0 Å². The van der Waals surface area contributed by atoms with Crippen molar-refractivity contribution in [1.82, 2.24) is 0 Å². The molecule has 90 valence electrons. The lowest BCUT2D eigenvalue weighted by Crippen LogP contribution is -2.28. The van der Waals surface area contributed by atoms with E-state index in [1.807, 2.05) is 20.8 Å². The van der Waals surface area contributed by atoms with Gasteiger partial charge in [-0.25, -0.2) is 0 Å². The topological polar surface area (TPSA) is 26.3 Å². The Balaban J connectivity index is 3.99. The molecule has 2 nitrogen and oxygen atoms in total. The first-order chi connectivity index (χ1) is 6.90. The molecule has 0 amide bonds. The Kier molecular flexibility index (Phi) is 6.62. The maximum Gasteiger partial charge on any atom is 0.309 e. The van der Waals surface area contributed by atoms with Crippen LogP contribution in [0, 0.1) is 5.92 Å². The molecule has 0 aromatic rings. The van der Waals surface area contributed by atoms with Crippen molar-refractivity contribution in [3.63, 3.8) is 0 Å². The normalized spacial score (nSPS) is 13.7. The van der Waals surface area contributed by atoms with Gasteiger partial charge < -0.3 is 4.74 Å². The maximum absolute atomic E-state index is 11.8. The zero-order valence-corrected chi connectivity index (χ0v) is 10.9. The van der Waals surface area contributed by atoms with Gasteiger partial charge in [-0.15, -0.1) is 0 Å². The van der Waals surface area contributed by atoms with Gasteiger partial charge in [-0.1, -0.05) is 33.1 Å². The lowest BCUT2D eigenvalue weighted by atomic mass is 9.98. The van der Waals surface area contributed by atoms with Gasteiger partial charge in [-0.2, -0.15) is 0 Å². The maximum atomic E-state index is 11.8. The molecule has 0 aliphatic heterocycles. The van der Waals surface area contributed by atoms with Crippen molar-refractivity contribution in [2.75, 3.05) is 0 Å². The number of ether oxygens (including phenoxy) is 1. The lowest BCUT2D eigenvalue weighted by molar-refractivity contribution is -0.160. The van der Waals surface area contributed by atoms with E-state index in [0.717, 1.165) is 19.3 Å². The van der Waals surface area contributed by atoms with E-state index in [9.17, 15) is 4.79 Å². The summed E-state index contributed by atoms with van der Waals surface area (Å²) in [4.78, 5) is 11.8. The van der Waals surface area contributed by atoms with Crippen LogP contribution in [-0.4, -0.2) is 11.6 Å². The molecule has 0 aliphatic carbocycles. The standard InChI is InChI=1S/C13H26O2/c1-6-8-9-10-11(7-2)12(14)15-13(3,4)5/h11H,6-10H2,1-5H3. The third kappa shape index (κ3) is 7.40. The van der Waals surface area contributed by atoms with E-state index in [1.165, 1.54) is 12.8 Å². The molecule has 0 fully saturated rings. The summed E-state index contributed by atoms with van der Waals surface area (Å²) in [5.74, 6) is 0.0666. The van der Waals surface area contributed by atoms with Crippen LogP contribution in [0.3, 0.4) is 0 Å². The van der Waals surface area contributed by atoms with Crippen LogP contribution in [0.1, 0.15) is 66.7 Å². The van der Waals surface area contributed by atoms with E-state index in [4.69, 9.17) is 4.74 Å². The van der Waals surface area contributed by atoms with Gasteiger partial charge in [0.15, 0.2) is 0 Å². The minimum atomic E-state index is -0.352. The zero-order chi connectivity index (χ0) is 11.9. The van der Waals surface area contributed by atoms with Crippen molar-refractivity contribution in [2.24, 2.45) is 5.92 Å². The summed E-state index contributed by atoms with van der Waals surface area (Å²) in [5.41, 5.74) is -0.352. The summed E-state index contributed by atoms with van der Waals surface area (Å²) in [6.07, 6.45) is 5.40.